The van der Waals surface area contributed by atoms with E-state index in [0.717, 1.165) is 12.1 Å². The fourth-order valence-electron chi connectivity index (χ4n) is 1.47. The van der Waals surface area contributed by atoms with Gasteiger partial charge in [-0.2, -0.15) is 4.39 Å². The molecule has 0 aliphatic heterocycles. The number of nitro groups is 1. The van der Waals surface area contributed by atoms with Crippen molar-refractivity contribution in [3.63, 3.8) is 0 Å². The van der Waals surface area contributed by atoms with E-state index in [9.17, 15) is 19.3 Å². The molecule has 0 aliphatic carbocycles. The summed E-state index contributed by atoms with van der Waals surface area (Å²) < 4.78 is 13.3. The summed E-state index contributed by atoms with van der Waals surface area (Å²) in [7, 11) is 1.70. The molecule has 0 atom stereocenters. The molecule has 1 aromatic carbocycles. The molecule has 0 aliphatic rings. The van der Waals surface area contributed by atoms with E-state index < -0.39 is 22.4 Å². The predicted octanol–water partition coefficient (Wildman–Crippen LogP) is 1.64. The lowest BCUT2D eigenvalue weighted by atomic mass is 10.2. The van der Waals surface area contributed by atoms with Crippen molar-refractivity contribution in [2.45, 2.75) is 13.0 Å². The van der Waals surface area contributed by atoms with Crippen LogP contribution < -0.4 is 0 Å². The number of carboxylic acids is 1. The molecule has 0 saturated heterocycles. The fourth-order valence-corrected chi connectivity index (χ4v) is 1.47. The monoisotopic (exact) mass is 256 g/mol. The molecule has 1 rings (SSSR count). The molecule has 6 nitrogen and oxygen atoms in total. The van der Waals surface area contributed by atoms with Crippen LogP contribution in [0.4, 0.5) is 10.1 Å². The quantitative estimate of drug-likeness (QED) is 0.618. The molecule has 1 N–H and O–H groups in total. The van der Waals surface area contributed by atoms with Gasteiger partial charge in [0, 0.05) is 19.2 Å². The summed E-state index contributed by atoms with van der Waals surface area (Å²) in [5.41, 5.74) is -0.00192. The van der Waals surface area contributed by atoms with Crippen LogP contribution in [0.1, 0.15) is 12.0 Å². The van der Waals surface area contributed by atoms with Gasteiger partial charge in [0.2, 0.25) is 5.82 Å². The summed E-state index contributed by atoms with van der Waals surface area (Å²) in [6, 6.07) is 3.66. The van der Waals surface area contributed by atoms with Gasteiger partial charge in [-0.3, -0.25) is 14.9 Å². The van der Waals surface area contributed by atoms with Crippen LogP contribution in [0.5, 0.6) is 0 Å². The summed E-state index contributed by atoms with van der Waals surface area (Å²) >= 11 is 0. The van der Waals surface area contributed by atoms with E-state index in [1.54, 1.807) is 11.9 Å². The Morgan fingerprint density at radius 3 is 2.72 bits per heavy atom. The van der Waals surface area contributed by atoms with Gasteiger partial charge >= 0.3 is 11.7 Å². The van der Waals surface area contributed by atoms with Crippen molar-refractivity contribution in [2.75, 3.05) is 13.6 Å². The SMILES string of the molecule is CN(CCC(=O)O)Cc1ccc([N+](=O)[O-])c(F)c1. The maximum atomic E-state index is 13.3. The van der Waals surface area contributed by atoms with Gasteiger partial charge in [0.05, 0.1) is 11.3 Å². The molecular weight excluding hydrogens is 243 g/mol. The Balaban J connectivity index is 2.65. The molecular formula is C11H13FN2O4. The Kier molecular flexibility index (Phi) is 4.73. The van der Waals surface area contributed by atoms with Crippen molar-refractivity contribution >= 4 is 11.7 Å². The van der Waals surface area contributed by atoms with Gasteiger partial charge in [0.1, 0.15) is 0 Å². The molecule has 0 unspecified atom stereocenters. The molecule has 0 saturated carbocycles. The van der Waals surface area contributed by atoms with Crippen LogP contribution in [-0.2, 0) is 11.3 Å². The molecule has 0 fully saturated rings. The topological polar surface area (TPSA) is 83.7 Å². The number of carbonyl (C=O) groups is 1. The van der Waals surface area contributed by atoms with Crippen LogP contribution in [-0.4, -0.2) is 34.5 Å². The predicted molar refractivity (Wildman–Crippen MR) is 61.6 cm³/mol. The third-order valence-electron chi connectivity index (χ3n) is 2.37. The number of hydrogen-bond donors (Lipinski definition) is 1. The van der Waals surface area contributed by atoms with E-state index in [-0.39, 0.29) is 6.42 Å². The first-order chi connectivity index (χ1) is 8.40. The number of nitro benzene ring substituents is 1. The zero-order valence-corrected chi connectivity index (χ0v) is 9.80. The van der Waals surface area contributed by atoms with Crippen LogP contribution >= 0.6 is 0 Å². The lowest BCUT2D eigenvalue weighted by Gasteiger charge is -2.15. The molecule has 0 heterocycles. The van der Waals surface area contributed by atoms with Crippen LogP contribution in [0.2, 0.25) is 0 Å². The third kappa shape index (κ3) is 4.10. The molecule has 0 spiro atoms. The Bertz CT molecular complexity index is 464. The van der Waals surface area contributed by atoms with Gasteiger partial charge in [0.15, 0.2) is 0 Å². The Morgan fingerprint density at radius 2 is 2.22 bits per heavy atom. The molecule has 0 bridgehead atoms. The van der Waals surface area contributed by atoms with Crippen molar-refractivity contribution in [3.8, 4) is 0 Å². The number of hydrogen-bond acceptors (Lipinski definition) is 4. The second kappa shape index (κ2) is 6.06. The lowest BCUT2D eigenvalue weighted by molar-refractivity contribution is -0.387. The van der Waals surface area contributed by atoms with E-state index >= 15 is 0 Å². The van der Waals surface area contributed by atoms with Crippen LogP contribution in [0.3, 0.4) is 0 Å². The molecule has 1 aromatic rings. The largest absolute Gasteiger partial charge is 0.481 e. The Morgan fingerprint density at radius 1 is 1.56 bits per heavy atom. The van der Waals surface area contributed by atoms with Crippen molar-refractivity contribution in [3.05, 3.63) is 39.7 Å². The second-order valence-corrected chi connectivity index (χ2v) is 3.92. The molecule has 0 aromatic heterocycles. The van der Waals surface area contributed by atoms with E-state index in [4.69, 9.17) is 5.11 Å². The van der Waals surface area contributed by atoms with Gasteiger partial charge in [-0.15, -0.1) is 0 Å². The average molecular weight is 256 g/mol. The van der Waals surface area contributed by atoms with Crippen molar-refractivity contribution in [1.29, 1.82) is 0 Å². The summed E-state index contributed by atoms with van der Waals surface area (Å²) in [6.45, 7) is 0.663. The van der Waals surface area contributed by atoms with Crippen molar-refractivity contribution < 1.29 is 19.2 Å². The van der Waals surface area contributed by atoms with Gasteiger partial charge < -0.3 is 10.0 Å². The van der Waals surface area contributed by atoms with Gasteiger partial charge in [-0.25, -0.2) is 0 Å². The van der Waals surface area contributed by atoms with Crippen LogP contribution in [0, 0.1) is 15.9 Å². The van der Waals surface area contributed by atoms with E-state index in [1.807, 2.05) is 0 Å². The minimum Gasteiger partial charge on any atom is -0.481 e. The smallest absolute Gasteiger partial charge is 0.304 e. The van der Waals surface area contributed by atoms with Crippen LogP contribution in [0.25, 0.3) is 0 Å². The highest BCUT2D eigenvalue weighted by molar-refractivity contribution is 5.66. The molecule has 7 heteroatoms. The van der Waals surface area contributed by atoms with E-state index in [0.29, 0.717) is 18.7 Å². The summed E-state index contributed by atoms with van der Waals surface area (Å²) in [4.78, 5) is 21.7. The highest BCUT2D eigenvalue weighted by Gasteiger charge is 2.14. The van der Waals surface area contributed by atoms with Gasteiger partial charge in [0.25, 0.3) is 0 Å². The maximum Gasteiger partial charge on any atom is 0.304 e. The minimum atomic E-state index is -0.906. The fraction of sp³-hybridized carbons (Fsp3) is 0.364. The Hall–Kier alpha value is -2.02. The molecule has 0 amide bonds. The Labute approximate surface area is 103 Å². The number of halogens is 1. The standard InChI is InChI=1S/C11H13FN2O4/c1-13(5-4-11(15)16)7-8-2-3-10(14(17)18)9(12)6-8/h2-3,6H,4-5,7H2,1H3,(H,15,16). The second-order valence-electron chi connectivity index (χ2n) is 3.92. The number of aliphatic carboxylic acids is 1. The highest BCUT2D eigenvalue weighted by atomic mass is 19.1. The zero-order chi connectivity index (χ0) is 13.7. The molecule has 0 radical (unpaired) electrons. The summed E-state index contributed by atoms with van der Waals surface area (Å²) in [5, 5.41) is 18.9. The number of rotatable bonds is 6. The first kappa shape index (κ1) is 14.0. The van der Waals surface area contributed by atoms with E-state index in [2.05, 4.69) is 0 Å². The number of carboxylic acid groups (broad SMARTS) is 1. The maximum absolute atomic E-state index is 13.3. The molecule has 98 valence electrons. The first-order valence-corrected chi connectivity index (χ1v) is 5.23. The summed E-state index contributed by atoms with van der Waals surface area (Å²) in [5.74, 6) is -1.79. The van der Waals surface area contributed by atoms with Crippen LogP contribution in [0.15, 0.2) is 18.2 Å². The van der Waals surface area contributed by atoms with Crippen molar-refractivity contribution in [2.24, 2.45) is 0 Å². The first-order valence-electron chi connectivity index (χ1n) is 5.23. The molecule has 18 heavy (non-hydrogen) atoms. The third-order valence-corrected chi connectivity index (χ3v) is 2.37. The lowest BCUT2D eigenvalue weighted by Crippen LogP contribution is -2.21. The highest BCUT2D eigenvalue weighted by Crippen LogP contribution is 2.18. The normalized spacial score (nSPS) is 10.6. The number of nitrogens with zero attached hydrogens (tertiary/aromatic N) is 2. The average Bonchev–Trinajstić information content (AvgIpc) is 2.26. The minimum absolute atomic E-state index is 0.00797. The summed E-state index contributed by atoms with van der Waals surface area (Å²) in [6.07, 6.45) is -0.00797. The van der Waals surface area contributed by atoms with E-state index in [1.165, 1.54) is 6.07 Å². The van der Waals surface area contributed by atoms with Crippen molar-refractivity contribution in [1.82, 2.24) is 4.90 Å². The van der Waals surface area contributed by atoms with Gasteiger partial charge in [-0.1, -0.05) is 6.07 Å². The number of benzene rings is 1. The zero-order valence-electron chi connectivity index (χ0n) is 9.80. The van der Waals surface area contributed by atoms with Gasteiger partial charge in [-0.05, 0) is 18.7 Å².